The van der Waals surface area contributed by atoms with E-state index in [0.29, 0.717) is 0 Å². The van der Waals surface area contributed by atoms with E-state index >= 15 is 0 Å². The molecule has 112 valence electrons. The zero-order chi connectivity index (χ0) is 15.1. The first-order valence-corrected chi connectivity index (χ1v) is 7.55. The van der Waals surface area contributed by atoms with Crippen molar-refractivity contribution >= 4 is 5.82 Å². The number of H-pyrrole nitrogens is 1. The van der Waals surface area contributed by atoms with E-state index < -0.39 is 0 Å². The minimum Gasteiger partial charge on any atom is -0.454 e. The summed E-state index contributed by atoms with van der Waals surface area (Å²) in [4.78, 5) is 5.72. The summed E-state index contributed by atoms with van der Waals surface area (Å²) in [5.41, 5.74) is 3.73. The summed E-state index contributed by atoms with van der Waals surface area (Å²) < 4.78 is 10.8. The molecular weight excluding hydrogens is 278 g/mol. The molecule has 1 aromatic carbocycles. The third-order valence-electron chi connectivity index (χ3n) is 4.43. The van der Waals surface area contributed by atoms with Gasteiger partial charge in [0.15, 0.2) is 11.5 Å². The summed E-state index contributed by atoms with van der Waals surface area (Å²) in [7, 11) is 0. The second kappa shape index (κ2) is 4.99. The average Bonchev–Trinajstić information content (AvgIpc) is 3.25. The first kappa shape index (κ1) is 13.1. The fourth-order valence-electron chi connectivity index (χ4n) is 3.23. The number of nitrogens with zero attached hydrogens (tertiary/aromatic N) is 2. The van der Waals surface area contributed by atoms with Crippen LogP contribution in [0.4, 0.5) is 5.82 Å². The summed E-state index contributed by atoms with van der Waals surface area (Å²) in [6.07, 6.45) is 2.37. The van der Waals surface area contributed by atoms with Crippen molar-refractivity contribution in [2.24, 2.45) is 0 Å². The van der Waals surface area contributed by atoms with Crippen molar-refractivity contribution in [3.63, 3.8) is 0 Å². The van der Waals surface area contributed by atoms with Gasteiger partial charge in [0, 0.05) is 18.7 Å². The molecule has 0 saturated carbocycles. The van der Waals surface area contributed by atoms with Crippen LogP contribution in [-0.4, -0.2) is 24.9 Å². The maximum Gasteiger partial charge on any atom is 0.231 e. The minimum atomic E-state index is 0.269. The van der Waals surface area contributed by atoms with Gasteiger partial charge in [-0.25, -0.2) is 0 Å². The molecule has 5 heteroatoms. The van der Waals surface area contributed by atoms with E-state index in [2.05, 4.69) is 16.0 Å². The van der Waals surface area contributed by atoms with Crippen LogP contribution in [0.3, 0.4) is 0 Å². The van der Waals surface area contributed by atoms with Crippen molar-refractivity contribution in [1.82, 2.24) is 4.98 Å². The number of anilines is 1. The highest BCUT2D eigenvalue weighted by atomic mass is 16.7. The summed E-state index contributed by atoms with van der Waals surface area (Å²) in [6.45, 7) is 4.28. The van der Waals surface area contributed by atoms with Crippen LogP contribution in [0.2, 0.25) is 0 Å². The number of ether oxygens (including phenoxy) is 2. The van der Waals surface area contributed by atoms with E-state index in [0.717, 1.165) is 52.8 Å². The number of aromatic amines is 1. The lowest BCUT2D eigenvalue weighted by Gasteiger charge is -2.15. The van der Waals surface area contributed by atoms with E-state index in [4.69, 9.17) is 9.47 Å². The highest BCUT2D eigenvalue weighted by Crippen LogP contribution is 2.39. The molecule has 0 atom stereocenters. The standard InChI is InChI=1S/C17H17N3O2/c1-11-13(9-18)17(20-6-2-3-7-20)19-16(11)12-4-5-14-15(8-12)22-10-21-14/h4-5,8,19H,2-3,6-7,10H2,1H3. The van der Waals surface area contributed by atoms with Gasteiger partial charge < -0.3 is 19.4 Å². The third-order valence-corrected chi connectivity index (χ3v) is 4.43. The Morgan fingerprint density at radius 2 is 1.95 bits per heavy atom. The largest absolute Gasteiger partial charge is 0.454 e. The molecule has 0 amide bonds. The van der Waals surface area contributed by atoms with Gasteiger partial charge in [-0.2, -0.15) is 5.26 Å². The highest BCUT2D eigenvalue weighted by Gasteiger charge is 2.23. The smallest absolute Gasteiger partial charge is 0.231 e. The second-order valence-electron chi connectivity index (χ2n) is 5.72. The molecule has 5 nitrogen and oxygen atoms in total. The number of hydrogen-bond acceptors (Lipinski definition) is 4. The first-order valence-electron chi connectivity index (χ1n) is 7.55. The molecule has 0 aliphatic carbocycles. The Morgan fingerprint density at radius 1 is 1.18 bits per heavy atom. The molecule has 1 N–H and O–H groups in total. The summed E-state index contributed by atoms with van der Waals surface area (Å²) >= 11 is 0. The average molecular weight is 295 g/mol. The molecule has 0 unspecified atom stereocenters. The van der Waals surface area contributed by atoms with E-state index in [-0.39, 0.29) is 6.79 Å². The summed E-state index contributed by atoms with van der Waals surface area (Å²) in [6, 6.07) is 8.24. The summed E-state index contributed by atoms with van der Waals surface area (Å²) in [5.74, 6) is 2.48. The number of fused-ring (bicyclic) bond motifs is 1. The van der Waals surface area contributed by atoms with E-state index in [9.17, 15) is 5.26 Å². The molecule has 0 radical (unpaired) electrons. The lowest BCUT2D eigenvalue weighted by Crippen LogP contribution is -2.18. The minimum absolute atomic E-state index is 0.269. The van der Waals surface area contributed by atoms with Crippen molar-refractivity contribution in [1.29, 1.82) is 5.26 Å². The van der Waals surface area contributed by atoms with Crippen LogP contribution in [0.15, 0.2) is 18.2 Å². The molecule has 0 bridgehead atoms. The van der Waals surface area contributed by atoms with Crippen LogP contribution in [0.5, 0.6) is 11.5 Å². The highest BCUT2D eigenvalue weighted by molar-refractivity contribution is 5.76. The van der Waals surface area contributed by atoms with Crippen LogP contribution in [-0.2, 0) is 0 Å². The Labute approximate surface area is 129 Å². The van der Waals surface area contributed by atoms with E-state index in [1.54, 1.807) is 0 Å². The van der Waals surface area contributed by atoms with Crippen LogP contribution in [0.25, 0.3) is 11.3 Å². The Hall–Kier alpha value is -2.61. The monoisotopic (exact) mass is 295 g/mol. The van der Waals surface area contributed by atoms with Crippen molar-refractivity contribution in [2.45, 2.75) is 19.8 Å². The molecule has 2 aromatic rings. The zero-order valence-electron chi connectivity index (χ0n) is 12.5. The number of benzene rings is 1. The Morgan fingerprint density at radius 3 is 2.73 bits per heavy atom. The fourth-order valence-corrected chi connectivity index (χ4v) is 3.23. The number of nitriles is 1. The van der Waals surface area contributed by atoms with Gasteiger partial charge in [0.05, 0.1) is 11.3 Å². The molecule has 4 rings (SSSR count). The van der Waals surface area contributed by atoms with Gasteiger partial charge in [-0.05, 0) is 43.5 Å². The number of nitrogens with one attached hydrogen (secondary N) is 1. The van der Waals surface area contributed by atoms with Crippen molar-refractivity contribution < 1.29 is 9.47 Å². The number of rotatable bonds is 2. The predicted octanol–water partition coefficient (Wildman–Crippen LogP) is 3.19. The van der Waals surface area contributed by atoms with Gasteiger partial charge in [-0.15, -0.1) is 0 Å². The molecule has 2 aliphatic rings. The van der Waals surface area contributed by atoms with Gasteiger partial charge >= 0.3 is 0 Å². The topological polar surface area (TPSA) is 61.3 Å². The van der Waals surface area contributed by atoms with E-state index in [1.165, 1.54) is 12.8 Å². The number of aromatic nitrogens is 1. The third kappa shape index (κ3) is 1.92. The van der Waals surface area contributed by atoms with Crippen molar-refractivity contribution in [3.8, 4) is 28.8 Å². The van der Waals surface area contributed by atoms with Crippen LogP contribution in [0, 0.1) is 18.3 Å². The SMILES string of the molecule is Cc1c(-c2ccc3c(c2)OCO3)[nH]c(N2CCCC2)c1C#N. The summed E-state index contributed by atoms with van der Waals surface area (Å²) in [5, 5.41) is 9.53. The molecule has 0 spiro atoms. The first-order chi connectivity index (χ1) is 10.8. The van der Waals surface area contributed by atoms with Crippen molar-refractivity contribution in [3.05, 3.63) is 29.3 Å². The van der Waals surface area contributed by atoms with Gasteiger partial charge in [-0.1, -0.05) is 0 Å². The molecular formula is C17H17N3O2. The number of hydrogen-bond donors (Lipinski definition) is 1. The van der Waals surface area contributed by atoms with Crippen molar-refractivity contribution in [2.75, 3.05) is 24.8 Å². The van der Waals surface area contributed by atoms with Gasteiger partial charge in [-0.3, -0.25) is 0 Å². The lowest BCUT2D eigenvalue weighted by atomic mass is 10.1. The van der Waals surface area contributed by atoms with Gasteiger partial charge in [0.2, 0.25) is 6.79 Å². The maximum absolute atomic E-state index is 9.53. The normalized spacial score (nSPS) is 16.1. The van der Waals surface area contributed by atoms with Gasteiger partial charge in [0.25, 0.3) is 0 Å². The predicted molar refractivity (Wildman–Crippen MR) is 83.3 cm³/mol. The fraction of sp³-hybridized carbons (Fsp3) is 0.353. The Bertz CT molecular complexity index is 767. The van der Waals surface area contributed by atoms with Crippen LogP contribution >= 0.6 is 0 Å². The van der Waals surface area contributed by atoms with E-state index in [1.807, 2.05) is 25.1 Å². The molecule has 3 heterocycles. The van der Waals surface area contributed by atoms with Crippen LogP contribution in [0.1, 0.15) is 24.0 Å². The lowest BCUT2D eigenvalue weighted by molar-refractivity contribution is 0.174. The quantitative estimate of drug-likeness (QED) is 0.924. The molecule has 1 saturated heterocycles. The molecule has 2 aliphatic heterocycles. The second-order valence-corrected chi connectivity index (χ2v) is 5.72. The van der Waals surface area contributed by atoms with Gasteiger partial charge in [0.1, 0.15) is 11.9 Å². The zero-order valence-corrected chi connectivity index (χ0v) is 12.5. The molecule has 1 fully saturated rings. The Balaban J connectivity index is 1.80. The Kier molecular flexibility index (Phi) is 2.97. The maximum atomic E-state index is 9.53. The molecule has 22 heavy (non-hydrogen) atoms. The van der Waals surface area contributed by atoms with Crippen LogP contribution < -0.4 is 14.4 Å². The molecule has 1 aromatic heterocycles.